The molecule has 0 bridgehead atoms. The Bertz CT molecular complexity index is 204. The Morgan fingerprint density at radius 1 is 1.33 bits per heavy atom. The summed E-state index contributed by atoms with van der Waals surface area (Å²) >= 11 is 0. The molecule has 1 rings (SSSR count). The zero-order valence-corrected chi connectivity index (χ0v) is 6.64. The van der Waals surface area contributed by atoms with Gasteiger partial charge in [0.15, 0.2) is 6.33 Å². The van der Waals surface area contributed by atoms with Gasteiger partial charge in [-0.25, -0.2) is 0 Å². The van der Waals surface area contributed by atoms with E-state index in [9.17, 15) is 9.59 Å². The van der Waals surface area contributed by atoms with Gasteiger partial charge in [-0.3, -0.25) is 9.59 Å². The number of H-pyrrole nitrogens is 1. The highest BCUT2D eigenvalue weighted by atomic mass is 16.6. The van der Waals surface area contributed by atoms with Gasteiger partial charge in [0, 0.05) is 13.8 Å². The fourth-order valence-electron chi connectivity index (χ4n) is 0.332. The number of hydrogen-bond acceptors (Lipinski definition) is 6. The lowest BCUT2D eigenvalue weighted by Gasteiger charge is -1.87. The molecule has 0 atom stereocenters. The van der Waals surface area contributed by atoms with Crippen molar-refractivity contribution in [1.29, 1.82) is 0 Å². The third-order valence-electron chi connectivity index (χ3n) is 0.557. The van der Waals surface area contributed by atoms with Crippen LogP contribution in [0.4, 0.5) is 0 Å². The number of rotatable bonds is 0. The summed E-state index contributed by atoms with van der Waals surface area (Å²) in [6.07, 6.45) is 1.33. The molecule has 1 aromatic heterocycles. The van der Waals surface area contributed by atoms with Crippen LogP contribution in [0.1, 0.15) is 13.8 Å². The zero-order valence-electron chi connectivity index (χ0n) is 6.64. The van der Waals surface area contributed by atoms with Gasteiger partial charge >= 0.3 is 11.9 Å². The van der Waals surface area contributed by atoms with Crippen LogP contribution in [0.25, 0.3) is 0 Å². The number of hydrogen-bond donors (Lipinski definition) is 1. The number of tetrazole rings is 1. The average molecular weight is 172 g/mol. The van der Waals surface area contributed by atoms with Crippen molar-refractivity contribution in [3.05, 3.63) is 6.33 Å². The second-order valence-electron chi connectivity index (χ2n) is 1.65. The van der Waals surface area contributed by atoms with Gasteiger partial charge in [0.2, 0.25) is 0 Å². The van der Waals surface area contributed by atoms with Crippen LogP contribution in [0.3, 0.4) is 0 Å². The molecule has 0 aliphatic heterocycles. The molecule has 0 aliphatic carbocycles. The summed E-state index contributed by atoms with van der Waals surface area (Å²) in [5.74, 6) is -1.12. The highest BCUT2D eigenvalue weighted by Crippen LogP contribution is 1.73. The SMILES string of the molecule is CC(=O)OC(C)=O.c1nn[nH]n1. The number of carbonyl (C=O) groups excluding carboxylic acids is 2. The molecule has 0 aliphatic rings. The predicted octanol–water partition coefficient (Wildman–Crippen LogP) is -0.704. The normalized spacial score (nSPS) is 7.83. The van der Waals surface area contributed by atoms with Crippen LogP contribution in [0.2, 0.25) is 0 Å². The second kappa shape index (κ2) is 5.96. The fraction of sp³-hybridized carbons (Fsp3) is 0.400. The lowest BCUT2D eigenvalue weighted by atomic mass is 10.7. The molecule has 0 amide bonds. The van der Waals surface area contributed by atoms with Crippen LogP contribution in [-0.2, 0) is 14.3 Å². The molecule has 0 aromatic carbocycles. The molecular formula is C5H8N4O3. The molecule has 0 fully saturated rings. The molecule has 66 valence electrons. The third-order valence-corrected chi connectivity index (χ3v) is 0.557. The van der Waals surface area contributed by atoms with Crippen molar-refractivity contribution in [2.75, 3.05) is 0 Å². The number of nitrogens with zero attached hydrogens (tertiary/aromatic N) is 3. The maximum atomic E-state index is 9.81. The van der Waals surface area contributed by atoms with E-state index in [1.54, 1.807) is 0 Å². The van der Waals surface area contributed by atoms with E-state index in [0.717, 1.165) is 0 Å². The van der Waals surface area contributed by atoms with Crippen molar-refractivity contribution in [2.24, 2.45) is 0 Å². The smallest absolute Gasteiger partial charge is 0.310 e. The van der Waals surface area contributed by atoms with Gasteiger partial charge in [0.05, 0.1) is 0 Å². The summed E-state index contributed by atoms with van der Waals surface area (Å²) in [5, 5.41) is 12.2. The molecule has 0 unspecified atom stereocenters. The Labute approximate surface area is 68.1 Å². The molecule has 1 aromatic rings. The van der Waals surface area contributed by atoms with Crippen molar-refractivity contribution < 1.29 is 14.3 Å². The summed E-state index contributed by atoms with van der Waals surface area (Å²) in [6, 6.07) is 0. The van der Waals surface area contributed by atoms with Gasteiger partial charge in [-0.1, -0.05) is 5.21 Å². The van der Waals surface area contributed by atoms with Gasteiger partial charge in [0.1, 0.15) is 0 Å². The largest absolute Gasteiger partial charge is 0.394 e. The van der Waals surface area contributed by atoms with Gasteiger partial charge in [0.25, 0.3) is 0 Å². The first kappa shape index (κ1) is 10.2. The number of aromatic amines is 1. The molecule has 0 saturated heterocycles. The maximum Gasteiger partial charge on any atom is 0.310 e. The fourth-order valence-corrected chi connectivity index (χ4v) is 0.332. The van der Waals surface area contributed by atoms with E-state index in [1.165, 1.54) is 20.2 Å². The molecule has 12 heavy (non-hydrogen) atoms. The molecule has 0 radical (unpaired) electrons. The van der Waals surface area contributed by atoms with Crippen molar-refractivity contribution in [2.45, 2.75) is 13.8 Å². The minimum Gasteiger partial charge on any atom is -0.394 e. The molecule has 7 heteroatoms. The molecule has 1 heterocycles. The lowest BCUT2D eigenvalue weighted by molar-refractivity contribution is -0.156. The molecule has 0 saturated carbocycles. The monoisotopic (exact) mass is 172 g/mol. The van der Waals surface area contributed by atoms with Gasteiger partial charge in [-0.15, -0.1) is 10.2 Å². The Morgan fingerprint density at radius 3 is 2.00 bits per heavy atom. The van der Waals surface area contributed by atoms with E-state index in [4.69, 9.17) is 0 Å². The summed E-state index contributed by atoms with van der Waals surface area (Å²) in [4.78, 5) is 19.6. The van der Waals surface area contributed by atoms with Crippen molar-refractivity contribution in [1.82, 2.24) is 20.6 Å². The quantitative estimate of drug-likeness (QED) is 0.410. The maximum absolute atomic E-state index is 9.81. The number of esters is 2. The van der Waals surface area contributed by atoms with E-state index in [-0.39, 0.29) is 0 Å². The number of aromatic nitrogens is 4. The second-order valence-corrected chi connectivity index (χ2v) is 1.65. The van der Waals surface area contributed by atoms with E-state index < -0.39 is 11.9 Å². The van der Waals surface area contributed by atoms with Crippen LogP contribution in [0.5, 0.6) is 0 Å². The van der Waals surface area contributed by atoms with Crippen LogP contribution >= 0.6 is 0 Å². The van der Waals surface area contributed by atoms with Crippen LogP contribution < -0.4 is 0 Å². The van der Waals surface area contributed by atoms with Crippen molar-refractivity contribution in [3.63, 3.8) is 0 Å². The molecule has 1 N–H and O–H groups in total. The average Bonchev–Trinajstić information content (AvgIpc) is 2.36. The number of nitrogens with one attached hydrogen (secondary N) is 1. The Hall–Kier alpha value is -1.79. The standard InChI is InChI=1S/C4H6O3.CH2N4/c1-3(5)7-4(2)6;1-2-4-5-3-1/h1-2H3;1H,(H,2,3,4,5). The first-order chi connectivity index (χ1) is 5.63. The minimum absolute atomic E-state index is 0.562. The summed E-state index contributed by atoms with van der Waals surface area (Å²) in [7, 11) is 0. The van der Waals surface area contributed by atoms with Crippen LogP contribution in [-0.4, -0.2) is 32.6 Å². The number of ether oxygens (including phenoxy) is 1. The van der Waals surface area contributed by atoms with Gasteiger partial charge in [-0.2, -0.15) is 5.21 Å². The lowest BCUT2D eigenvalue weighted by Crippen LogP contribution is -2.03. The third kappa shape index (κ3) is 8.21. The molecule has 0 spiro atoms. The highest BCUT2D eigenvalue weighted by molar-refractivity contribution is 5.82. The van der Waals surface area contributed by atoms with Crippen molar-refractivity contribution >= 4 is 11.9 Å². The predicted molar refractivity (Wildman–Crippen MR) is 36.6 cm³/mol. The Kier molecular flexibility index (Phi) is 5.07. The van der Waals surface area contributed by atoms with E-state index >= 15 is 0 Å². The van der Waals surface area contributed by atoms with Crippen LogP contribution in [0.15, 0.2) is 6.33 Å². The first-order valence-electron chi connectivity index (χ1n) is 2.98. The van der Waals surface area contributed by atoms with Gasteiger partial charge in [-0.05, 0) is 0 Å². The van der Waals surface area contributed by atoms with E-state index in [2.05, 4.69) is 25.4 Å². The summed E-state index contributed by atoms with van der Waals surface area (Å²) < 4.78 is 3.97. The summed E-state index contributed by atoms with van der Waals surface area (Å²) in [5.41, 5.74) is 0. The molecular weight excluding hydrogens is 164 g/mol. The molecule has 7 nitrogen and oxygen atoms in total. The summed E-state index contributed by atoms with van der Waals surface area (Å²) in [6.45, 7) is 2.36. The highest BCUT2D eigenvalue weighted by Gasteiger charge is 1.93. The zero-order chi connectivity index (χ0) is 9.40. The minimum atomic E-state index is -0.562. The van der Waals surface area contributed by atoms with Crippen molar-refractivity contribution in [3.8, 4) is 0 Å². The Morgan fingerprint density at radius 2 is 1.92 bits per heavy atom. The Balaban J connectivity index is 0.000000211. The van der Waals surface area contributed by atoms with E-state index in [1.807, 2.05) is 0 Å². The van der Waals surface area contributed by atoms with Crippen LogP contribution in [0, 0.1) is 0 Å². The number of carbonyl (C=O) groups is 2. The van der Waals surface area contributed by atoms with Gasteiger partial charge < -0.3 is 4.74 Å². The first-order valence-corrected chi connectivity index (χ1v) is 2.98. The topological polar surface area (TPSA) is 97.8 Å². The van der Waals surface area contributed by atoms with E-state index in [0.29, 0.717) is 0 Å².